The van der Waals surface area contributed by atoms with E-state index in [9.17, 15) is 19.8 Å². The van der Waals surface area contributed by atoms with E-state index < -0.39 is 23.6 Å². The first kappa shape index (κ1) is 22.6. The fourth-order valence-corrected chi connectivity index (χ4v) is 3.31. The quantitative estimate of drug-likeness (QED) is 0.365. The summed E-state index contributed by atoms with van der Waals surface area (Å²) in [5.74, 6) is -2.04. The van der Waals surface area contributed by atoms with Crippen molar-refractivity contribution >= 4 is 29.2 Å². The van der Waals surface area contributed by atoms with Crippen LogP contribution in [0.25, 0.3) is 0 Å². The second-order valence-corrected chi connectivity index (χ2v) is 7.50. The van der Waals surface area contributed by atoms with Crippen molar-refractivity contribution < 1.29 is 34.1 Å². The highest BCUT2D eigenvalue weighted by atomic mass is 35.5. The predicted octanol–water partition coefficient (Wildman–Crippen LogP) is 2.24. The highest BCUT2D eigenvalue weighted by Crippen LogP contribution is 2.38. The fourth-order valence-electron chi connectivity index (χ4n) is 3.10. The van der Waals surface area contributed by atoms with Crippen molar-refractivity contribution in [2.24, 2.45) is 5.16 Å². The Labute approximate surface area is 183 Å². The van der Waals surface area contributed by atoms with Crippen LogP contribution in [-0.2, 0) is 25.5 Å². The maximum absolute atomic E-state index is 12.8. The molecular formula is C21H23ClN2O7. The second kappa shape index (κ2) is 9.84. The maximum atomic E-state index is 12.8. The van der Waals surface area contributed by atoms with Gasteiger partial charge in [0.05, 0.1) is 16.8 Å². The molecule has 2 heterocycles. The summed E-state index contributed by atoms with van der Waals surface area (Å²) < 4.78 is 11.0. The number of carbonyl (C=O) groups is 2. The number of hydrogen-bond acceptors (Lipinski definition) is 8. The standard InChI is InChI=1S/C21H23ClN2O7/c1-11-7-17-16(31-17)6-4-3-5-12(24-29-10-18(27)23-2)8-13-19(21(28)30-11)14(25)9-15(26)20(13)22/h3-6,9,11,16-17,25-26H,7-8,10H2,1-2H3,(H,23,27)/b5-3-,6-4-,24-12+/t11-,16-,17-/m1/s1. The van der Waals surface area contributed by atoms with Crippen LogP contribution in [0.15, 0.2) is 35.5 Å². The van der Waals surface area contributed by atoms with Crippen LogP contribution in [0.1, 0.15) is 29.3 Å². The first-order valence-corrected chi connectivity index (χ1v) is 10.0. The molecule has 0 saturated carbocycles. The van der Waals surface area contributed by atoms with Gasteiger partial charge in [0.25, 0.3) is 5.91 Å². The molecule has 166 valence electrons. The summed E-state index contributed by atoms with van der Waals surface area (Å²) in [6.45, 7) is 1.41. The Balaban J connectivity index is 2.00. The third-order valence-electron chi connectivity index (χ3n) is 4.73. The van der Waals surface area contributed by atoms with Gasteiger partial charge in [-0.3, -0.25) is 4.79 Å². The molecule has 3 atom stereocenters. The zero-order valence-corrected chi connectivity index (χ0v) is 17.8. The van der Waals surface area contributed by atoms with Crippen LogP contribution in [-0.4, -0.2) is 59.8 Å². The summed E-state index contributed by atoms with van der Waals surface area (Å²) >= 11 is 6.25. The molecule has 1 aromatic carbocycles. The van der Waals surface area contributed by atoms with Crippen LogP contribution < -0.4 is 5.32 Å². The van der Waals surface area contributed by atoms with Crippen molar-refractivity contribution in [2.75, 3.05) is 13.7 Å². The number of epoxide rings is 1. The number of oxime groups is 1. The van der Waals surface area contributed by atoms with E-state index in [1.54, 1.807) is 25.2 Å². The number of rotatable bonds is 3. The van der Waals surface area contributed by atoms with E-state index >= 15 is 0 Å². The predicted molar refractivity (Wildman–Crippen MR) is 112 cm³/mol. The van der Waals surface area contributed by atoms with Gasteiger partial charge < -0.3 is 29.8 Å². The van der Waals surface area contributed by atoms with E-state index in [1.165, 1.54) is 7.05 Å². The lowest BCUT2D eigenvalue weighted by Gasteiger charge is -2.17. The normalized spacial score (nSPS) is 26.6. The minimum atomic E-state index is -0.790. The number of esters is 1. The summed E-state index contributed by atoms with van der Waals surface area (Å²) in [6, 6.07) is 0.980. The number of phenols is 2. The Bertz CT molecular complexity index is 958. The highest BCUT2D eigenvalue weighted by Gasteiger charge is 2.38. The lowest BCUT2D eigenvalue weighted by Crippen LogP contribution is -2.22. The molecular weight excluding hydrogens is 428 g/mol. The molecule has 1 saturated heterocycles. The number of phenolic OH excluding ortho intramolecular Hbond substituents is 2. The molecule has 0 bridgehead atoms. The molecule has 0 spiro atoms. The highest BCUT2D eigenvalue weighted by molar-refractivity contribution is 6.33. The van der Waals surface area contributed by atoms with Crippen LogP contribution in [0.5, 0.6) is 11.5 Å². The number of carbonyl (C=O) groups excluding carboxylic acids is 2. The molecule has 9 nitrogen and oxygen atoms in total. The second-order valence-electron chi connectivity index (χ2n) is 7.12. The summed E-state index contributed by atoms with van der Waals surface area (Å²) in [6.07, 6.45) is 6.72. The number of nitrogens with one attached hydrogen (secondary N) is 1. The van der Waals surface area contributed by atoms with Gasteiger partial charge in [-0.1, -0.05) is 35.0 Å². The summed E-state index contributed by atoms with van der Waals surface area (Å²) in [7, 11) is 1.46. The number of allylic oxidation sites excluding steroid dienone is 3. The number of likely N-dealkylation sites (N-methyl/N-ethyl adjacent to an activating group) is 1. The number of hydrogen-bond donors (Lipinski definition) is 3. The monoisotopic (exact) mass is 450 g/mol. The Morgan fingerprint density at radius 3 is 2.87 bits per heavy atom. The van der Waals surface area contributed by atoms with Crippen molar-refractivity contribution in [3.8, 4) is 11.5 Å². The van der Waals surface area contributed by atoms with E-state index in [-0.39, 0.29) is 53.0 Å². The van der Waals surface area contributed by atoms with Gasteiger partial charge in [-0.25, -0.2) is 4.79 Å². The van der Waals surface area contributed by atoms with Crippen LogP contribution in [0, 0.1) is 0 Å². The maximum Gasteiger partial charge on any atom is 0.342 e. The molecule has 0 unspecified atom stereocenters. The average molecular weight is 451 g/mol. The fraction of sp³-hybridized carbons (Fsp3) is 0.381. The third-order valence-corrected chi connectivity index (χ3v) is 5.16. The van der Waals surface area contributed by atoms with E-state index in [1.807, 2.05) is 6.08 Å². The van der Waals surface area contributed by atoms with E-state index in [2.05, 4.69) is 10.5 Å². The summed E-state index contributed by atoms with van der Waals surface area (Å²) in [5.41, 5.74) is 0.223. The van der Waals surface area contributed by atoms with E-state index in [4.69, 9.17) is 25.9 Å². The number of aromatic hydroxyl groups is 2. The van der Waals surface area contributed by atoms with Gasteiger partial charge in [-0.15, -0.1) is 0 Å². The summed E-state index contributed by atoms with van der Waals surface area (Å²) in [5, 5.41) is 26.6. The van der Waals surface area contributed by atoms with Crippen molar-refractivity contribution in [3.05, 3.63) is 46.5 Å². The minimum Gasteiger partial charge on any atom is -0.507 e. The smallest absolute Gasteiger partial charge is 0.342 e. The molecule has 0 aliphatic carbocycles. The molecule has 0 aromatic heterocycles. The Morgan fingerprint density at radius 1 is 1.35 bits per heavy atom. The lowest BCUT2D eigenvalue weighted by atomic mass is 9.99. The Hall–Kier alpha value is -3.04. The molecule has 2 aliphatic heterocycles. The van der Waals surface area contributed by atoms with E-state index in [0.29, 0.717) is 6.42 Å². The molecule has 10 heteroatoms. The van der Waals surface area contributed by atoms with Gasteiger partial charge in [0.1, 0.15) is 29.3 Å². The number of fused-ring (bicyclic) bond motifs is 2. The Kier molecular flexibility index (Phi) is 7.19. The van der Waals surface area contributed by atoms with Crippen LogP contribution in [0.3, 0.4) is 0 Å². The molecule has 0 radical (unpaired) electrons. The number of halogens is 1. The van der Waals surface area contributed by atoms with E-state index in [0.717, 1.165) is 6.07 Å². The van der Waals surface area contributed by atoms with Gasteiger partial charge in [0, 0.05) is 26.0 Å². The SMILES string of the molecule is CNC(=O)CO\N=C1/C=C\C=C/[C@H]2O[C@@H]2C[C@@H](C)OC(=O)c2c(O)cc(O)c(Cl)c2C1. The molecule has 3 N–H and O–H groups in total. The Morgan fingerprint density at radius 2 is 2.13 bits per heavy atom. The number of benzene rings is 1. The lowest BCUT2D eigenvalue weighted by molar-refractivity contribution is -0.125. The van der Waals surface area contributed by atoms with Gasteiger partial charge in [-0.05, 0) is 18.6 Å². The number of nitrogens with zero attached hydrogens (tertiary/aromatic N) is 1. The number of cyclic esters (lactones) is 1. The number of ether oxygens (including phenoxy) is 2. The van der Waals surface area contributed by atoms with Crippen LogP contribution >= 0.6 is 11.6 Å². The average Bonchev–Trinajstić information content (AvgIpc) is 3.45. The van der Waals surface area contributed by atoms with Crippen molar-refractivity contribution in [2.45, 2.75) is 38.1 Å². The molecule has 1 fully saturated rings. The summed E-state index contributed by atoms with van der Waals surface area (Å²) in [4.78, 5) is 29.3. The van der Waals surface area contributed by atoms with Gasteiger partial charge in [0.15, 0.2) is 6.61 Å². The van der Waals surface area contributed by atoms with Crippen molar-refractivity contribution in [3.63, 3.8) is 0 Å². The zero-order valence-electron chi connectivity index (χ0n) is 17.0. The molecule has 3 rings (SSSR count). The van der Waals surface area contributed by atoms with Gasteiger partial charge >= 0.3 is 5.97 Å². The van der Waals surface area contributed by atoms with Crippen molar-refractivity contribution in [1.29, 1.82) is 0 Å². The van der Waals surface area contributed by atoms with Crippen molar-refractivity contribution in [1.82, 2.24) is 5.32 Å². The van der Waals surface area contributed by atoms with Crippen LogP contribution in [0.4, 0.5) is 0 Å². The van der Waals surface area contributed by atoms with Gasteiger partial charge in [-0.2, -0.15) is 0 Å². The first-order chi connectivity index (χ1) is 14.8. The minimum absolute atomic E-state index is 0.0732. The zero-order chi connectivity index (χ0) is 22.5. The molecule has 1 amide bonds. The van der Waals surface area contributed by atoms with Gasteiger partial charge in [0.2, 0.25) is 0 Å². The molecule has 31 heavy (non-hydrogen) atoms. The van der Waals surface area contributed by atoms with Crippen LogP contribution in [0.2, 0.25) is 5.02 Å². The first-order valence-electron chi connectivity index (χ1n) is 9.64. The largest absolute Gasteiger partial charge is 0.507 e. The number of amides is 1. The topological polar surface area (TPSA) is 130 Å². The molecule has 2 aliphatic rings. The molecule has 1 aromatic rings. The third kappa shape index (κ3) is 5.77.